The number of nitrogens with one attached hydrogen (secondary N) is 4. The van der Waals surface area contributed by atoms with Gasteiger partial charge in [-0.05, 0) is 70.7 Å². The number of alkyl carbamates (subject to hydrolysis) is 2. The van der Waals surface area contributed by atoms with Crippen LogP contribution in [0.15, 0.2) is 91.6 Å². The van der Waals surface area contributed by atoms with E-state index in [4.69, 9.17) is 19.4 Å². The summed E-state index contributed by atoms with van der Waals surface area (Å²) in [7, 11) is 2.54. The highest BCUT2D eigenvalue weighted by Crippen LogP contribution is 2.38. The minimum Gasteiger partial charge on any atom is -0.453 e. The lowest BCUT2D eigenvalue weighted by Crippen LogP contribution is -2.51. The number of rotatable bonds is 11. The number of hydrogen-bond acceptors (Lipinski definition) is 10. The molecule has 0 radical (unpaired) electrons. The van der Waals surface area contributed by atoms with Crippen molar-refractivity contribution in [3.8, 4) is 33.6 Å². The van der Waals surface area contributed by atoms with Crippen LogP contribution < -0.4 is 10.6 Å². The third kappa shape index (κ3) is 8.58. The summed E-state index contributed by atoms with van der Waals surface area (Å²) < 4.78 is 9.58. The number of H-pyrrole nitrogens is 2. The molecule has 0 aliphatic carbocycles. The maximum Gasteiger partial charge on any atom is 0.407 e. The Morgan fingerprint density at radius 1 is 0.710 bits per heavy atom. The third-order valence-corrected chi connectivity index (χ3v) is 11.8. The van der Waals surface area contributed by atoms with E-state index in [0.29, 0.717) is 31.0 Å². The number of aromatic amines is 2. The monoisotopic (exact) mass is 838 g/mol. The van der Waals surface area contributed by atoms with Gasteiger partial charge in [0.05, 0.1) is 62.0 Å². The van der Waals surface area contributed by atoms with Crippen molar-refractivity contribution in [2.45, 2.75) is 64.2 Å². The maximum atomic E-state index is 14.0. The summed E-state index contributed by atoms with van der Waals surface area (Å²) in [6.07, 6.45) is 9.01. The molecule has 2 fully saturated rings. The molecule has 3 aromatic heterocycles. The van der Waals surface area contributed by atoms with Gasteiger partial charge >= 0.3 is 12.2 Å². The third-order valence-electron chi connectivity index (χ3n) is 11.8. The summed E-state index contributed by atoms with van der Waals surface area (Å²) in [5, 5.41) is 7.50. The molecular formula is C46H50N10O6. The molecule has 0 bridgehead atoms. The number of benzene rings is 3. The number of imidazole rings is 2. The first-order chi connectivity index (χ1) is 30.0. The van der Waals surface area contributed by atoms with Gasteiger partial charge in [0.15, 0.2) is 6.04 Å². The molecule has 0 spiro atoms. The second kappa shape index (κ2) is 17.9. The van der Waals surface area contributed by atoms with Gasteiger partial charge in [-0.25, -0.2) is 19.6 Å². The zero-order chi connectivity index (χ0) is 43.5. The molecular weight excluding hydrogens is 789 g/mol. The Kier molecular flexibility index (Phi) is 12.0. The summed E-state index contributed by atoms with van der Waals surface area (Å²) in [6.45, 7) is 6.97. The number of carbonyl (C=O) groups excluding carboxylic acids is 4. The molecule has 2 unspecified atom stereocenters. The van der Waals surface area contributed by atoms with Crippen LogP contribution in [-0.2, 0) is 19.1 Å². The van der Waals surface area contributed by atoms with E-state index in [1.165, 1.54) is 32.8 Å². The molecule has 5 atom stereocenters. The molecule has 3 aromatic carbocycles. The molecule has 2 aliphatic rings. The molecule has 2 aliphatic heterocycles. The minimum atomic E-state index is -1.07. The van der Waals surface area contributed by atoms with E-state index in [9.17, 15) is 19.2 Å². The minimum absolute atomic E-state index is 0.111. The second-order valence-corrected chi connectivity index (χ2v) is 16.3. The van der Waals surface area contributed by atoms with E-state index in [2.05, 4.69) is 98.2 Å². The fraction of sp³-hybridized carbons (Fsp3) is 0.348. The van der Waals surface area contributed by atoms with E-state index in [1.807, 2.05) is 24.9 Å². The molecule has 62 heavy (non-hydrogen) atoms. The van der Waals surface area contributed by atoms with Gasteiger partial charge in [0.1, 0.15) is 17.7 Å². The Morgan fingerprint density at radius 3 is 1.98 bits per heavy atom. The number of methoxy groups -OCH3 is 2. The van der Waals surface area contributed by atoms with Crippen molar-refractivity contribution >= 4 is 34.8 Å². The molecule has 4 amide bonds. The van der Waals surface area contributed by atoms with Gasteiger partial charge in [0.2, 0.25) is 5.91 Å². The maximum absolute atomic E-state index is 14.0. The molecule has 5 heterocycles. The van der Waals surface area contributed by atoms with Gasteiger partial charge in [-0.1, -0.05) is 69.3 Å². The van der Waals surface area contributed by atoms with E-state index in [1.54, 1.807) is 11.1 Å². The van der Waals surface area contributed by atoms with Crippen molar-refractivity contribution in [3.05, 3.63) is 109 Å². The smallest absolute Gasteiger partial charge is 0.407 e. The summed E-state index contributed by atoms with van der Waals surface area (Å²) in [4.78, 5) is 80.1. The Bertz CT molecular complexity index is 2570. The zero-order valence-electron chi connectivity index (χ0n) is 35.3. The molecule has 16 heteroatoms. The van der Waals surface area contributed by atoms with E-state index in [-0.39, 0.29) is 35.7 Å². The van der Waals surface area contributed by atoms with Gasteiger partial charge < -0.3 is 39.9 Å². The van der Waals surface area contributed by atoms with Crippen molar-refractivity contribution in [2.24, 2.45) is 11.8 Å². The lowest BCUT2D eigenvalue weighted by atomic mass is 9.98. The summed E-state index contributed by atoms with van der Waals surface area (Å²) in [5.41, 5.74) is 6.08. The van der Waals surface area contributed by atoms with Gasteiger partial charge in [-0.3, -0.25) is 19.6 Å². The first-order valence-corrected chi connectivity index (χ1v) is 20.8. The first kappa shape index (κ1) is 41.6. The number of fused-ring (bicyclic) bond motifs is 1. The number of aromatic nitrogens is 6. The summed E-state index contributed by atoms with van der Waals surface area (Å²) >= 11 is 0. The highest BCUT2D eigenvalue weighted by molar-refractivity contribution is 5.91. The Labute approximate surface area is 358 Å². The molecule has 2 saturated heterocycles. The molecule has 4 N–H and O–H groups in total. The Balaban J connectivity index is 0.950. The number of hydrogen-bond donors (Lipinski definition) is 4. The summed E-state index contributed by atoms with van der Waals surface area (Å²) in [5.74, 6) is 1.02. The van der Waals surface area contributed by atoms with Crippen LogP contribution in [0.2, 0.25) is 0 Å². The van der Waals surface area contributed by atoms with Crippen LogP contribution in [0, 0.1) is 11.8 Å². The highest BCUT2D eigenvalue weighted by Gasteiger charge is 2.41. The molecule has 6 aromatic rings. The number of carbonyl (C=O) groups is 4. The zero-order valence-corrected chi connectivity index (χ0v) is 35.3. The average molecular weight is 839 g/mol. The molecule has 16 nitrogen and oxygen atoms in total. The van der Waals surface area contributed by atoms with Crippen molar-refractivity contribution in [2.75, 3.05) is 27.3 Å². The van der Waals surface area contributed by atoms with Crippen molar-refractivity contribution in [3.63, 3.8) is 0 Å². The predicted molar refractivity (Wildman–Crippen MR) is 231 cm³/mol. The Morgan fingerprint density at radius 2 is 1.32 bits per heavy atom. The van der Waals surface area contributed by atoms with Crippen LogP contribution in [-0.4, -0.2) is 97.1 Å². The SMILES string of the molecule is COC(=O)NC(C(=O)N1C[C@H](C)C[C@H]1c1ncc(-c2ccc(-c3ccc4cc(-c5cnc([C@@H]6CCCN6C(=O)C(NC(=O)OC)C(C)C)[nH]5)ccc4c3)cc2)[nH]1)c1cnccn1. The summed E-state index contributed by atoms with van der Waals surface area (Å²) in [6, 6.07) is 18.7. The van der Waals surface area contributed by atoms with Crippen LogP contribution in [0.1, 0.15) is 75.5 Å². The van der Waals surface area contributed by atoms with Gasteiger partial charge in [-0.2, -0.15) is 0 Å². The van der Waals surface area contributed by atoms with Crippen LogP contribution in [0.5, 0.6) is 0 Å². The van der Waals surface area contributed by atoms with Gasteiger partial charge in [-0.15, -0.1) is 0 Å². The molecule has 0 saturated carbocycles. The van der Waals surface area contributed by atoms with Crippen molar-refractivity contribution in [1.29, 1.82) is 0 Å². The lowest BCUT2D eigenvalue weighted by Gasteiger charge is -2.30. The predicted octanol–water partition coefficient (Wildman–Crippen LogP) is 7.13. The topological polar surface area (TPSA) is 200 Å². The number of nitrogens with zero attached hydrogens (tertiary/aromatic N) is 6. The van der Waals surface area contributed by atoms with Gasteiger partial charge in [0, 0.05) is 31.0 Å². The standard InChI is InChI=1S/C46H50N10O6/c1-26(2)39(53-45(59)61-4)43(57)55-18-6-7-37(55)41-49-24-35(52-41)33-15-14-31-20-30(12-13-32(31)21-33)28-8-10-29(11-9-28)34-23-50-42(51-34)38-19-27(3)25-56(38)44(58)40(54-46(60)62-5)36-22-47-16-17-48-36/h8-17,20-24,26-27,37-40H,6-7,18-19,25H2,1-5H3,(H,49,52)(H,50,51)(H,53,59)(H,54,60)/t27-,37+,38+,39?,40?/m1/s1. The van der Waals surface area contributed by atoms with Crippen LogP contribution in [0.25, 0.3) is 44.4 Å². The fourth-order valence-electron chi connectivity index (χ4n) is 8.55. The molecule has 320 valence electrons. The van der Waals surface area contributed by atoms with Crippen molar-refractivity contribution < 1.29 is 28.7 Å². The largest absolute Gasteiger partial charge is 0.453 e. The van der Waals surface area contributed by atoms with Gasteiger partial charge in [0.25, 0.3) is 5.91 Å². The van der Waals surface area contributed by atoms with Crippen molar-refractivity contribution in [1.82, 2.24) is 50.3 Å². The number of ether oxygens (including phenoxy) is 2. The fourth-order valence-corrected chi connectivity index (χ4v) is 8.55. The molecule has 8 rings (SSSR count). The van der Waals surface area contributed by atoms with E-state index < -0.39 is 24.3 Å². The number of likely N-dealkylation sites (tertiary alicyclic amines) is 2. The quantitative estimate of drug-likeness (QED) is 0.104. The highest BCUT2D eigenvalue weighted by atomic mass is 16.5. The second-order valence-electron chi connectivity index (χ2n) is 16.3. The van der Waals surface area contributed by atoms with Crippen LogP contribution in [0.3, 0.4) is 0 Å². The van der Waals surface area contributed by atoms with E-state index >= 15 is 0 Å². The van der Waals surface area contributed by atoms with E-state index in [0.717, 1.165) is 63.1 Å². The average Bonchev–Trinajstić information content (AvgIpc) is 4.14. The number of amides is 4. The van der Waals surface area contributed by atoms with Crippen LogP contribution >= 0.6 is 0 Å². The van der Waals surface area contributed by atoms with Crippen LogP contribution in [0.4, 0.5) is 9.59 Å². The normalized spacial score (nSPS) is 18.5. The lowest BCUT2D eigenvalue weighted by molar-refractivity contribution is -0.136. The Hall–Kier alpha value is -7.10. The first-order valence-electron chi connectivity index (χ1n) is 20.8.